The molecule has 0 aliphatic rings. The van der Waals surface area contributed by atoms with Gasteiger partial charge in [-0.3, -0.25) is 0 Å². The predicted molar refractivity (Wildman–Crippen MR) is 72.9 cm³/mol. The maximum absolute atomic E-state index is 9.28. The second-order valence-electron chi connectivity index (χ2n) is 4.14. The molecular formula is C15H15ClO2. The lowest BCUT2D eigenvalue weighted by atomic mass is 10.1. The monoisotopic (exact) mass is 262 g/mol. The van der Waals surface area contributed by atoms with Crippen LogP contribution in [-0.2, 0) is 13.2 Å². The molecule has 0 unspecified atom stereocenters. The summed E-state index contributed by atoms with van der Waals surface area (Å²) >= 11 is 5.83. The summed E-state index contributed by atoms with van der Waals surface area (Å²) in [6.07, 6.45) is 0. The largest absolute Gasteiger partial charge is 0.488 e. The summed E-state index contributed by atoms with van der Waals surface area (Å²) in [5, 5.41) is 9.99. The molecule has 0 saturated carbocycles. The number of para-hydroxylation sites is 1. The molecule has 0 aliphatic carbocycles. The number of halogens is 1. The van der Waals surface area contributed by atoms with Gasteiger partial charge >= 0.3 is 0 Å². The second-order valence-corrected chi connectivity index (χ2v) is 4.57. The van der Waals surface area contributed by atoms with Crippen molar-refractivity contribution in [1.82, 2.24) is 0 Å². The zero-order valence-electron chi connectivity index (χ0n) is 10.2. The van der Waals surface area contributed by atoms with Crippen molar-refractivity contribution in [2.24, 2.45) is 0 Å². The highest BCUT2D eigenvalue weighted by molar-refractivity contribution is 6.30. The van der Waals surface area contributed by atoms with Crippen LogP contribution in [0.25, 0.3) is 0 Å². The number of aryl methyl sites for hydroxylation is 1. The molecule has 94 valence electrons. The van der Waals surface area contributed by atoms with Gasteiger partial charge in [-0.05, 0) is 30.2 Å². The van der Waals surface area contributed by atoms with Gasteiger partial charge in [0.15, 0.2) is 0 Å². The molecule has 2 aromatic rings. The number of hydrogen-bond donors (Lipinski definition) is 1. The van der Waals surface area contributed by atoms with Gasteiger partial charge in [0.2, 0.25) is 0 Å². The number of aliphatic hydroxyl groups is 1. The summed E-state index contributed by atoms with van der Waals surface area (Å²) in [6, 6.07) is 13.3. The third kappa shape index (κ3) is 3.03. The summed E-state index contributed by atoms with van der Waals surface area (Å²) in [5.74, 6) is 0.759. The molecule has 0 aliphatic heterocycles. The summed E-state index contributed by atoms with van der Waals surface area (Å²) in [5.41, 5.74) is 2.88. The highest BCUT2D eigenvalue weighted by atomic mass is 35.5. The maximum atomic E-state index is 9.28. The van der Waals surface area contributed by atoms with Crippen molar-refractivity contribution >= 4 is 11.6 Å². The zero-order valence-corrected chi connectivity index (χ0v) is 10.9. The normalized spacial score (nSPS) is 10.4. The Kier molecular flexibility index (Phi) is 4.24. The van der Waals surface area contributed by atoms with Crippen molar-refractivity contribution in [1.29, 1.82) is 0 Å². The van der Waals surface area contributed by atoms with Gasteiger partial charge < -0.3 is 9.84 Å². The molecule has 0 fully saturated rings. The summed E-state index contributed by atoms with van der Waals surface area (Å²) in [4.78, 5) is 0. The van der Waals surface area contributed by atoms with Crippen molar-refractivity contribution < 1.29 is 9.84 Å². The molecule has 0 aromatic heterocycles. The summed E-state index contributed by atoms with van der Waals surface area (Å²) in [6.45, 7) is 2.42. The Labute approximate surface area is 112 Å². The van der Waals surface area contributed by atoms with Crippen LogP contribution in [0.5, 0.6) is 5.75 Å². The van der Waals surface area contributed by atoms with Crippen molar-refractivity contribution in [3.8, 4) is 5.75 Å². The lowest BCUT2D eigenvalue weighted by molar-refractivity contribution is 0.258. The van der Waals surface area contributed by atoms with Crippen LogP contribution >= 0.6 is 11.6 Å². The van der Waals surface area contributed by atoms with E-state index in [1.807, 2.05) is 49.4 Å². The van der Waals surface area contributed by atoms with E-state index in [0.29, 0.717) is 11.6 Å². The minimum Gasteiger partial charge on any atom is -0.488 e. The van der Waals surface area contributed by atoms with Crippen LogP contribution in [0.2, 0.25) is 5.02 Å². The number of hydrogen-bond acceptors (Lipinski definition) is 2. The van der Waals surface area contributed by atoms with E-state index in [2.05, 4.69) is 0 Å². The molecule has 2 rings (SSSR count). The van der Waals surface area contributed by atoms with Crippen molar-refractivity contribution in [3.63, 3.8) is 0 Å². The molecular weight excluding hydrogens is 248 g/mol. The van der Waals surface area contributed by atoms with E-state index < -0.39 is 0 Å². The first-order chi connectivity index (χ1) is 8.70. The first kappa shape index (κ1) is 12.9. The van der Waals surface area contributed by atoms with Crippen LogP contribution in [0.15, 0.2) is 42.5 Å². The van der Waals surface area contributed by atoms with E-state index in [1.165, 1.54) is 0 Å². The van der Waals surface area contributed by atoms with E-state index in [4.69, 9.17) is 16.3 Å². The van der Waals surface area contributed by atoms with Crippen molar-refractivity contribution in [2.75, 3.05) is 0 Å². The fourth-order valence-electron chi connectivity index (χ4n) is 1.78. The first-order valence-corrected chi connectivity index (χ1v) is 6.15. The van der Waals surface area contributed by atoms with Gasteiger partial charge in [-0.25, -0.2) is 0 Å². The molecule has 0 amide bonds. The van der Waals surface area contributed by atoms with Crippen LogP contribution in [0, 0.1) is 6.92 Å². The Bertz CT molecular complexity index is 521. The molecule has 0 spiro atoms. The van der Waals surface area contributed by atoms with E-state index in [0.717, 1.165) is 22.4 Å². The molecule has 18 heavy (non-hydrogen) atoms. The lowest BCUT2D eigenvalue weighted by Gasteiger charge is -2.12. The van der Waals surface area contributed by atoms with Gasteiger partial charge in [-0.2, -0.15) is 0 Å². The standard InChI is InChI=1S/C15H15ClO2/c1-11-3-2-4-13(9-17)15(11)18-10-12-5-7-14(16)8-6-12/h2-8,17H,9-10H2,1H3. The fraction of sp³-hybridized carbons (Fsp3) is 0.200. The van der Waals surface area contributed by atoms with Gasteiger partial charge in [0, 0.05) is 10.6 Å². The van der Waals surface area contributed by atoms with Crippen LogP contribution in [0.4, 0.5) is 0 Å². The Morgan fingerprint density at radius 3 is 2.50 bits per heavy atom. The van der Waals surface area contributed by atoms with Gasteiger partial charge in [-0.1, -0.05) is 41.9 Å². The molecule has 0 atom stereocenters. The van der Waals surface area contributed by atoms with E-state index in [9.17, 15) is 5.11 Å². The van der Waals surface area contributed by atoms with Gasteiger partial charge in [0.05, 0.1) is 6.61 Å². The van der Waals surface area contributed by atoms with Gasteiger partial charge in [0.1, 0.15) is 12.4 Å². The third-order valence-electron chi connectivity index (χ3n) is 2.76. The minimum absolute atomic E-state index is 0.0162. The molecule has 0 saturated heterocycles. The lowest BCUT2D eigenvalue weighted by Crippen LogP contribution is -2.00. The highest BCUT2D eigenvalue weighted by Gasteiger charge is 2.06. The third-order valence-corrected chi connectivity index (χ3v) is 3.01. The molecule has 0 bridgehead atoms. The molecule has 0 heterocycles. The van der Waals surface area contributed by atoms with E-state index in [1.54, 1.807) is 0 Å². The fourth-order valence-corrected chi connectivity index (χ4v) is 1.91. The SMILES string of the molecule is Cc1cccc(CO)c1OCc1ccc(Cl)cc1. The smallest absolute Gasteiger partial charge is 0.128 e. The molecule has 1 N–H and O–H groups in total. The van der Waals surface area contributed by atoms with Crippen LogP contribution in [-0.4, -0.2) is 5.11 Å². The Morgan fingerprint density at radius 1 is 1.11 bits per heavy atom. The molecule has 0 radical (unpaired) electrons. The Morgan fingerprint density at radius 2 is 1.83 bits per heavy atom. The number of aliphatic hydroxyl groups excluding tert-OH is 1. The van der Waals surface area contributed by atoms with E-state index >= 15 is 0 Å². The quantitative estimate of drug-likeness (QED) is 0.910. The number of rotatable bonds is 4. The van der Waals surface area contributed by atoms with Gasteiger partial charge in [-0.15, -0.1) is 0 Å². The second kappa shape index (κ2) is 5.89. The Balaban J connectivity index is 2.12. The first-order valence-electron chi connectivity index (χ1n) is 5.77. The molecule has 2 nitrogen and oxygen atoms in total. The van der Waals surface area contributed by atoms with Crippen LogP contribution in [0.1, 0.15) is 16.7 Å². The summed E-state index contributed by atoms with van der Waals surface area (Å²) < 4.78 is 5.78. The van der Waals surface area contributed by atoms with Crippen LogP contribution < -0.4 is 4.74 Å². The van der Waals surface area contributed by atoms with Crippen molar-refractivity contribution in [2.45, 2.75) is 20.1 Å². The summed E-state index contributed by atoms with van der Waals surface area (Å²) in [7, 11) is 0. The maximum Gasteiger partial charge on any atom is 0.128 e. The van der Waals surface area contributed by atoms with Crippen LogP contribution in [0.3, 0.4) is 0 Å². The number of benzene rings is 2. The topological polar surface area (TPSA) is 29.5 Å². The predicted octanol–water partition coefficient (Wildman–Crippen LogP) is 3.72. The Hall–Kier alpha value is -1.51. The molecule has 2 aromatic carbocycles. The van der Waals surface area contributed by atoms with Crippen molar-refractivity contribution in [3.05, 3.63) is 64.2 Å². The minimum atomic E-state index is -0.0162. The average molecular weight is 263 g/mol. The highest BCUT2D eigenvalue weighted by Crippen LogP contribution is 2.24. The average Bonchev–Trinajstić information content (AvgIpc) is 2.39. The van der Waals surface area contributed by atoms with Gasteiger partial charge in [0.25, 0.3) is 0 Å². The van der Waals surface area contributed by atoms with E-state index in [-0.39, 0.29) is 6.61 Å². The molecule has 3 heteroatoms. The number of ether oxygens (including phenoxy) is 1. The zero-order chi connectivity index (χ0) is 13.0.